The molecule has 1 N–H and O–H groups in total. The average Bonchev–Trinajstić information content (AvgIpc) is 3.31. The number of fused-ring (bicyclic) bond motifs is 2. The Labute approximate surface area is 197 Å². The zero-order valence-electron chi connectivity index (χ0n) is 21.3. The van der Waals surface area contributed by atoms with Crippen LogP contribution in [0.15, 0.2) is 0 Å². The fourth-order valence-electron chi connectivity index (χ4n) is 4.40. The van der Waals surface area contributed by atoms with Crippen molar-refractivity contribution in [2.45, 2.75) is 77.0 Å². The van der Waals surface area contributed by atoms with Crippen molar-refractivity contribution in [1.29, 1.82) is 0 Å². The SMILES string of the molecule is CC(C)(C)OC(=O)N1CC2NCCOC2C1.CN1CCOC2CN(C(=O)OC(C)(C)C)CC21. The third-order valence-electron chi connectivity index (χ3n) is 5.99. The molecular formula is C23H42N4O6. The van der Waals surface area contributed by atoms with Crippen LogP contribution in [0.3, 0.4) is 0 Å². The van der Waals surface area contributed by atoms with Gasteiger partial charge in [0.15, 0.2) is 0 Å². The van der Waals surface area contributed by atoms with Crippen LogP contribution in [-0.4, -0.2) is 122 Å². The van der Waals surface area contributed by atoms with Crippen molar-refractivity contribution >= 4 is 12.2 Å². The lowest BCUT2D eigenvalue weighted by Crippen LogP contribution is -2.48. The highest BCUT2D eigenvalue weighted by Gasteiger charge is 2.42. The van der Waals surface area contributed by atoms with E-state index < -0.39 is 11.2 Å². The van der Waals surface area contributed by atoms with Crippen LogP contribution in [0.4, 0.5) is 9.59 Å². The fourth-order valence-corrected chi connectivity index (χ4v) is 4.40. The third kappa shape index (κ3) is 7.43. The van der Waals surface area contributed by atoms with E-state index in [1.807, 2.05) is 41.5 Å². The van der Waals surface area contributed by atoms with Gasteiger partial charge in [0.05, 0.1) is 50.6 Å². The molecule has 4 unspecified atom stereocenters. The summed E-state index contributed by atoms with van der Waals surface area (Å²) < 4.78 is 22.0. The molecule has 4 atom stereocenters. The minimum atomic E-state index is -0.433. The van der Waals surface area contributed by atoms with Crippen LogP contribution >= 0.6 is 0 Å². The summed E-state index contributed by atoms with van der Waals surface area (Å²) >= 11 is 0. The molecule has 0 aliphatic carbocycles. The van der Waals surface area contributed by atoms with Crippen molar-refractivity contribution in [3.05, 3.63) is 0 Å². The molecule has 190 valence electrons. The number of ether oxygens (including phenoxy) is 4. The van der Waals surface area contributed by atoms with E-state index in [0.717, 1.165) is 26.3 Å². The predicted octanol–water partition coefficient (Wildman–Crippen LogP) is 1.53. The van der Waals surface area contributed by atoms with Crippen LogP contribution in [0, 0.1) is 0 Å². The van der Waals surface area contributed by atoms with E-state index in [0.29, 0.717) is 32.2 Å². The number of hydrogen-bond acceptors (Lipinski definition) is 8. The van der Waals surface area contributed by atoms with Gasteiger partial charge in [-0.15, -0.1) is 0 Å². The predicted molar refractivity (Wildman–Crippen MR) is 123 cm³/mol. The van der Waals surface area contributed by atoms with E-state index in [2.05, 4.69) is 17.3 Å². The van der Waals surface area contributed by atoms with Crippen LogP contribution in [0.1, 0.15) is 41.5 Å². The monoisotopic (exact) mass is 470 g/mol. The number of likely N-dealkylation sites (tertiary alicyclic amines) is 2. The molecule has 0 spiro atoms. The van der Waals surface area contributed by atoms with Crippen molar-refractivity contribution < 1.29 is 28.5 Å². The van der Waals surface area contributed by atoms with E-state index in [1.54, 1.807) is 9.80 Å². The summed E-state index contributed by atoms with van der Waals surface area (Å²) in [6.45, 7) is 17.2. The Morgan fingerprint density at radius 3 is 1.91 bits per heavy atom. The molecule has 10 nitrogen and oxygen atoms in total. The zero-order chi connectivity index (χ0) is 24.4. The smallest absolute Gasteiger partial charge is 0.410 e. The number of likely N-dealkylation sites (N-methyl/N-ethyl adjacent to an activating group) is 1. The number of hydrogen-bond donors (Lipinski definition) is 1. The van der Waals surface area contributed by atoms with Gasteiger partial charge in [0, 0.05) is 26.2 Å². The van der Waals surface area contributed by atoms with E-state index >= 15 is 0 Å². The molecule has 2 amide bonds. The Kier molecular flexibility index (Phi) is 8.14. The fraction of sp³-hybridized carbons (Fsp3) is 0.913. The maximum Gasteiger partial charge on any atom is 0.410 e. The van der Waals surface area contributed by atoms with Gasteiger partial charge in [-0.1, -0.05) is 0 Å². The lowest BCUT2D eigenvalue weighted by molar-refractivity contribution is -0.0372. The summed E-state index contributed by atoms with van der Waals surface area (Å²) in [5, 5.41) is 3.35. The van der Waals surface area contributed by atoms with Gasteiger partial charge in [0.25, 0.3) is 0 Å². The zero-order valence-corrected chi connectivity index (χ0v) is 21.3. The summed E-state index contributed by atoms with van der Waals surface area (Å²) in [6.07, 6.45) is -0.210. The number of carbonyl (C=O) groups excluding carboxylic acids is 2. The van der Waals surface area contributed by atoms with E-state index in [9.17, 15) is 9.59 Å². The third-order valence-corrected chi connectivity index (χ3v) is 5.99. The lowest BCUT2D eigenvalue weighted by Gasteiger charge is -2.33. The standard InChI is InChI=1S/C12H22N2O3.C11H20N2O3/c1-12(2,3)17-11(15)14-7-9-10(8-14)16-6-5-13(9)4;1-11(2,3)16-10(14)13-6-8-9(7-13)15-5-4-12-8/h9-10H,5-8H2,1-4H3;8-9,12H,4-7H2,1-3H3. The second-order valence-electron chi connectivity index (χ2n) is 11.2. The van der Waals surface area contributed by atoms with Gasteiger partial charge in [-0.2, -0.15) is 0 Å². The van der Waals surface area contributed by atoms with Crippen molar-refractivity contribution in [3.63, 3.8) is 0 Å². The Morgan fingerprint density at radius 1 is 0.818 bits per heavy atom. The van der Waals surface area contributed by atoms with E-state index in [-0.39, 0.29) is 30.4 Å². The molecule has 0 aromatic heterocycles. The molecule has 0 saturated carbocycles. The summed E-state index contributed by atoms with van der Waals surface area (Å²) in [7, 11) is 2.08. The molecule has 0 bridgehead atoms. The summed E-state index contributed by atoms with van der Waals surface area (Å²) in [5.74, 6) is 0. The topological polar surface area (TPSA) is 92.8 Å². The van der Waals surface area contributed by atoms with Crippen molar-refractivity contribution in [2.24, 2.45) is 0 Å². The summed E-state index contributed by atoms with van der Waals surface area (Å²) in [6, 6.07) is 0.581. The minimum absolute atomic E-state index is 0.126. The highest BCUT2D eigenvalue weighted by Crippen LogP contribution is 2.23. The molecule has 4 fully saturated rings. The largest absolute Gasteiger partial charge is 0.444 e. The Morgan fingerprint density at radius 2 is 1.36 bits per heavy atom. The van der Waals surface area contributed by atoms with Gasteiger partial charge in [-0.3, -0.25) is 4.90 Å². The van der Waals surface area contributed by atoms with Gasteiger partial charge in [-0.25, -0.2) is 9.59 Å². The highest BCUT2D eigenvalue weighted by molar-refractivity contribution is 5.69. The molecule has 33 heavy (non-hydrogen) atoms. The summed E-state index contributed by atoms with van der Waals surface area (Å²) in [5.41, 5.74) is -0.864. The van der Waals surface area contributed by atoms with Crippen LogP contribution < -0.4 is 5.32 Å². The van der Waals surface area contributed by atoms with Gasteiger partial charge in [0.2, 0.25) is 0 Å². The van der Waals surface area contributed by atoms with E-state index in [4.69, 9.17) is 18.9 Å². The molecule has 4 rings (SSSR count). The first-order valence-corrected chi connectivity index (χ1v) is 11.9. The molecule has 0 aromatic rings. The maximum atomic E-state index is 11.9. The van der Waals surface area contributed by atoms with Crippen molar-refractivity contribution in [1.82, 2.24) is 20.0 Å². The van der Waals surface area contributed by atoms with Gasteiger partial charge in [-0.05, 0) is 48.6 Å². The van der Waals surface area contributed by atoms with Crippen molar-refractivity contribution in [3.8, 4) is 0 Å². The average molecular weight is 471 g/mol. The number of morpholine rings is 2. The summed E-state index contributed by atoms with van der Waals surface area (Å²) in [4.78, 5) is 29.5. The molecular weight excluding hydrogens is 428 g/mol. The Bertz CT molecular complexity index is 677. The molecule has 4 aliphatic rings. The number of carbonyl (C=O) groups is 2. The van der Waals surface area contributed by atoms with Gasteiger partial charge >= 0.3 is 12.2 Å². The van der Waals surface area contributed by atoms with Crippen LogP contribution in [0.2, 0.25) is 0 Å². The number of nitrogens with zero attached hydrogens (tertiary/aromatic N) is 3. The quantitative estimate of drug-likeness (QED) is 0.570. The minimum Gasteiger partial charge on any atom is -0.444 e. The molecule has 10 heteroatoms. The maximum absolute atomic E-state index is 11.9. The normalized spacial score (nSPS) is 30.2. The van der Waals surface area contributed by atoms with Crippen LogP contribution in [-0.2, 0) is 18.9 Å². The highest BCUT2D eigenvalue weighted by atomic mass is 16.6. The first-order chi connectivity index (χ1) is 15.3. The number of nitrogens with one attached hydrogen (secondary N) is 1. The molecule has 0 aromatic carbocycles. The van der Waals surface area contributed by atoms with Crippen LogP contribution in [0.5, 0.6) is 0 Å². The van der Waals surface area contributed by atoms with Crippen LogP contribution in [0.25, 0.3) is 0 Å². The van der Waals surface area contributed by atoms with Gasteiger partial charge in [0.1, 0.15) is 11.2 Å². The molecule has 4 heterocycles. The van der Waals surface area contributed by atoms with Gasteiger partial charge < -0.3 is 34.1 Å². The second kappa shape index (κ2) is 10.3. The molecule has 4 saturated heterocycles. The molecule has 0 radical (unpaired) electrons. The lowest BCUT2D eigenvalue weighted by atomic mass is 10.1. The Hall–Kier alpha value is -1.62. The molecule has 4 aliphatic heterocycles. The first-order valence-electron chi connectivity index (χ1n) is 11.9. The second-order valence-corrected chi connectivity index (χ2v) is 11.2. The van der Waals surface area contributed by atoms with E-state index in [1.165, 1.54) is 0 Å². The number of rotatable bonds is 0. The number of amides is 2. The Balaban J connectivity index is 0.000000186. The van der Waals surface area contributed by atoms with Crippen molar-refractivity contribution in [2.75, 3.05) is 59.5 Å². The first kappa shape index (κ1) is 26.0.